The average molecular weight is 416 g/mol. The first kappa shape index (κ1) is 21.4. The van der Waals surface area contributed by atoms with Crippen LogP contribution in [-0.4, -0.2) is 17.1 Å². The van der Waals surface area contributed by atoms with E-state index < -0.39 is 0 Å². The molecule has 1 atom stereocenters. The number of esters is 1. The van der Waals surface area contributed by atoms with Crippen LogP contribution in [0.15, 0.2) is 54.6 Å². The molecule has 4 rings (SSSR count). The molecule has 0 N–H and O–H groups in total. The zero-order valence-electron chi connectivity index (χ0n) is 19.4. The molecule has 3 nitrogen and oxygen atoms in total. The number of carbonyl (C=O) groups is 1. The maximum atomic E-state index is 13.1. The maximum Gasteiger partial charge on any atom is 0.355 e. The second-order valence-electron chi connectivity index (χ2n) is 9.40. The van der Waals surface area contributed by atoms with Crippen molar-refractivity contribution in [1.29, 1.82) is 0 Å². The van der Waals surface area contributed by atoms with Crippen molar-refractivity contribution in [3.8, 4) is 11.1 Å². The van der Waals surface area contributed by atoms with Gasteiger partial charge in [-0.15, -0.1) is 0 Å². The predicted octanol–water partition coefficient (Wildman–Crippen LogP) is 7.24. The van der Waals surface area contributed by atoms with Crippen molar-refractivity contribution in [3.63, 3.8) is 0 Å². The molecule has 1 aromatic heterocycles. The highest BCUT2D eigenvalue weighted by Crippen LogP contribution is 2.39. The van der Waals surface area contributed by atoms with Crippen LogP contribution in [0.1, 0.15) is 75.0 Å². The molecule has 0 amide bonds. The van der Waals surface area contributed by atoms with E-state index in [9.17, 15) is 4.79 Å². The summed E-state index contributed by atoms with van der Waals surface area (Å²) in [5, 5.41) is 1.13. The Labute approximate surface area is 185 Å². The van der Waals surface area contributed by atoms with Gasteiger partial charge in [0.1, 0.15) is 5.69 Å². The monoisotopic (exact) mass is 415 g/mol. The van der Waals surface area contributed by atoms with Crippen molar-refractivity contribution in [2.45, 2.75) is 65.3 Å². The van der Waals surface area contributed by atoms with Gasteiger partial charge in [-0.3, -0.25) is 0 Å². The van der Waals surface area contributed by atoms with E-state index >= 15 is 0 Å². The van der Waals surface area contributed by atoms with Crippen LogP contribution in [0.4, 0.5) is 0 Å². The first-order valence-electron chi connectivity index (χ1n) is 11.5. The molecule has 1 aliphatic rings. The summed E-state index contributed by atoms with van der Waals surface area (Å²) < 4.78 is 7.60. The molecule has 0 spiro atoms. The molecule has 0 saturated heterocycles. The number of nitrogens with zero attached hydrogens (tertiary/aromatic N) is 1. The molecule has 3 heteroatoms. The van der Waals surface area contributed by atoms with E-state index in [-0.39, 0.29) is 11.4 Å². The maximum absolute atomic E-state index is 13.1. The average Bonchev–Trinajstić information content (AvgIpc) is 3.39. The molecule has 0 saturated carbocycles. The molecular formula is C28H33NO2. The lowest BCUT2D eigenvalue weighted by Gasteiger charge is -2.19. The van der Waals surface area contributed by atoms with Crippen molar-refractivity contribution >= 4 is 16.9 Å². The minimum Gasteiger partial charge on any atom is -0.461 e. The van der Waals surface area contributed by atoms with E-state index in [4.69, 9.17) is 4.74 Å². The number of hydrogen-bond acceptors (Lipinski definition) is 2. The summed E-state index contributed by atoms with van der Waals surface area (Å²) in [4.78, 5) is 13.1. The highest BCUT2D eigenvalue weighted by Gasteiger charge is 2.26. The smallest absolute Gasteiger partial charge is 0.355 e. The minimum absolute atomic E-state index is 0.0852. The summed E-state index contributed by atoms with van der Waals surface area (Å²) in [6, 6.07) is 15.4. The van der Waals surface area contributed by atoms with Crippen LogP contribution < -0.4 is 0 Å². The Bertz CT molecular complexity index is 1130. The lowest BCUT2D eigenvalue weighted by molar-refractivity contribution is 0.0515. The van der Waals surface area contributed by atoms with Crippen LogP contribution >= 0.6 is 0 Å². The minimum atomic E-state index is -0.252. The van der Waals surface area contributed by atoms with E-state index in [0.29, 0.717) is 24.8 Å². The van der Waals surface area contributed by atoms with Gasteiger partial charge in [-0.25, -0.2) is 4.79 Å². The third kappa shape index (κ3) is 3.94. The van der Waals surface area contributed by atoms with Crippen molar-refractivity contribution in [2.75, 3.05) is 6.61 Å². The molecule has 2 aromatic carbocycles. The summed E-state index contributed by atoms with van der Waals surface area (Å²) in [6.45, 7) is 11.7. The zero-order valence-corrected chi connectivity index (χ0v) is 19.4. The second-order valence-corrected chi connectivity index (χ2v) is 9.40. The fourth-order valence-corrected chi connectivity index (χ4v) is 4.68. The van der Waals surface area contributed by atoms with E-state index in [1.165, 1.54) is 11.1 Å². The van der Waals surface area contributed by atoms with Crippen LogP contribution in [0, 0.1) is 0 Å². The largest absolute Gasteiger partial charge is 0.461 e. The molecule has 0 fully saturated rings. The number of carbonyl (C=O) groups excluding carboxylic acids is 1. The van der Waals surface area contributed by atoms with Gasteiger partial charge in [-0.05, 0) is 60.9 Å². The summed E-state index contributed by atoms with van der Waals surface area (Å²) >= 11 is 0. The lowest BCUT2D eigenvalue weighted by atomic mass is 9.86. The van der Waals surface area contributed by atoms with Gasteiger partial charge < -0.3 is 9.30 Å². The third-order valence-electron chi connectivity index (χ3n) is 6.35. The van der Waals surface area contributed by atoms with E-state index in [2.05, 4.69) is 86.9 Å². The van der Waals surface area contributed by atoms with Gasteiger partial charge in [0.15, 0.2) is 0 Å². The quantitative estimate of drug-likeness (QED) is 0.325. The zero-order chi connectivity index (χ0) is 22.2. The van der Waals surface area contributed by atoms with Gasteiger partial charge in [0.25, 0.3) is 0 Å². The molecular weight excluding hydrogens is 382 g/mol. The van der Waals surface area contributed by atoms with Crippen LogP contribution in [0.2, 0.25) is 0 Å². The number of aromatic nitrogens is 1. The Hall–Kier alpha value is -2.81. The number of benzene rings is 2. The molecule has 0 aliphatic heterocycles. The standard InChI is InChI=1S/C28H33NO2/c1-6-29-24-17-14-21(19-10-8-9-11-19)18-23(24)25(26(29)27(30)31-7-2)20-12-15-22(16-13-20)28(3,4)5/h8,10,12-19H,6-7,9,11H2,1-5H3. The lowest BCUT2D eigenvalue weighted by Crippen LogP contribution is -2.13. The number of rotatable bonds is 5. The molecule has 3 aromatic rings. The summed E-state index contributed by atoms with van der Waals surface area (Å²) in [5.74, 6) is 0.203. The molecule has 1 unspecified atom stereocenters. The SMILES string of the molecule is CCOC(=O)c1c(-c2ccc(C(C)(C)C)cc2)c2cc(C3C=CCC3)ccc2n1CC. The molecule has 1 aliphatic carbocycles. The molecule has 162 valence electrons. The van der Waals surface area contributed by atoms with Gasteiger partial charge in [0.05, 0.1) is 6.61 Å². The normalized spacial score (nSPS) is 16.2. The molecule has 1 heterocycles. The van der Waals surface area contributed by atoms with Gasteiger partial charge in [0.2, 0.25) is 0 Å². The van der Waals surface area contributed by atoms with Gasteiger partial charge in [0, 0.05) is 28.9 Å². The van der Waals surface area contributed by atoms with Gasteiger partial charge in [-0.1, -0.05) is 63.3 Å². The van der Waals surface area contributed by atoms with Gasteiger partial charge >= 0.3 is 5.97 Å². The van der Waals surface area contributed by atoms with E-state index in [0.717, 1.165) is 34.9 Å². The van der Waals surface area contributed by atoms with E-state index in [1.54, 1.807) is 0 Å². The topological polar surface area (TPSA) is 31.2 Å². The Morgan fingerprint density at radius 2 is 1.84 bits per heavy atom. The summed E-state index contributed by atoms with van der Waals surface area (Å²) in [7, 11) is 0. The third-order valence-corrected chi connectivity index (χ3v) is 6.35. The van der Waals surface area contributed by atoms with Gasteiger partial charge in [-0.2, -0.15) is 0 Å². The highest BCUT2D eigenvalue weighted by atomic mass is 16.5. The number of ether oxygens (including phenoxy) is 1. The number of fused-ring (bicyclic) bond motifs is 1. The van der Waals surface area contributed by atoms with Crippen molar-refractivity contribution in [3.05, 3.63) is 71.4 Å². The molecule has 0 radical (unpaired) electrons. The predicted molar refractivity (Wildman–Crippen MR) is 129 cm³/mol. The van der Waals surface area contributed by atoms with Crippen LogP contribution in [0.25, 0.3) is 22.0 Å². The number of hydrogen-bond donors (Lipinski definition) is 0. The fraction of sp³-hybridized carbons (Fsp3) is 0.393. The fourth-order valence-electron chi connectivity index (χ4n) is 4.68. The Balaban J connectivity index is 1.97. The van der Waals surface area contributed by atoms with Crippen molar-refractivity contribution < 1.29 is 9.53 Å². The first-order chi connectivity index (χ1) is 14.8. The number of aryl methyl sites for hydroxylation is 1. The Morgan fingerprint density at radius 1 is 1.10 bits per heavy atom. The van der Waals surface area contributed by atoms with Crippen LogP contribution in [-0.2, 0) is 16.7 Å². The van der Waals surface area contributed by atoms with Crippen LogP contribution in [0.3, 0.4) is 0 Å². The molecule has 0 bridgehead atoms. The second kappa shape index (κ2) is 8.37. The van der Waals surface area contributed by atoms with Crippen LogP contribution in [0.5, 0.6) is 0 Å². The Morgan fingerprint density at radius 3 is 2.42 bits per heavy atom. The highest BCUT2D eigenvalue weighted by molar-refractivity contribution is 6.09. The van der Waals surface area contributed by atoms with E-state index in [1.807, 2.05) is 6.92 Å². The molecule has 31 heavy (non-hydrogen) atoms. The summed E-state index contributed by atoms with van der Waals surface area (Å²) in [5.41, 5.74) is 6.48. The summed E-state index contributed by atoms with van der Waals surface area (Å²) in [6.07, 6.45) is 6.86. The number of allylic oxidation sites excluding steroid dienone is 2. The van der Waals surface area contributed by atoms with Crippen molar-refractivity contribution in [1.82, 2.24) is 4.57 Å². The Kier molecular flexibility index (Phi) is 5.79. The van der Waals surface area contributed by atoms with Crippen molar-refractivity contribution in [2.24, 2.45) is 0 Å². The first-order valence-corrected chi connectivity index (χ1v) is 11.5.